The Morgan fingerprint density at radius 3 is 2.71 bits per heavy atom. The van der Waals surface area contributed by atoms with Crippen LogP contribution in [0.4, 0.5) is 5.69 Å². The van der Waals surface area contributed by atoms with Gasteiger partial charge >= 0.3 is 0 Å². The van der Waals surface area contributed by atoms with Gasteiger partial charge in [0.05, 0.1) is 5.69 Å². The van der Waals surface area contributed by atoms with Crippen LogP contribution in [-0.4, -0.2) is 21.5 Å². The maximum Gasteiger partial charge on any atom is 0.255 e. The van der Waals surface area contributed by atoms with Gasteiger partial charge in [0, 0.05) is 30.4 Å². The first-order valence-corrected chi connectivity index (χ1v) is 6.08. The number of hydrogen-bond acceptors (Lipinski definition) is 4. The summed E-state index contributed by atoms with van der Waals surface area (Å²) in [6, 6.07) is 9.39. The van der Waals surface area contributed by atoms with E-state index in [9.17, 15) is 9.59 Å². The zero-order valence-corrected chi connectivity index (χ0v) is 11.3. The van der Waals surface area contributed by atoms with Crippen LogP contribution in [-0.2, 0) is 7.05 Å². The molecule has 0 saturated heterocycles. The zero-order chi connectivity index (χ0) is 15.4. The average Bonchev–Trinajstić information content (AvgIpc) is 2.49. The number of amidine groups is 1. The van der Waals surface area contributed by atoms with Crippen molar-refractivity contribution in [2.24, 2.45) is 17.9 Å². The maximum absolute atomic E-state index is 12.1. The Morgan fingerprint density at radius 1 is 1.33 bits per heavy atom. The fraction of sp³-hybridized carbons (Fsp3) is 0.0714. The molecule has 1 aromatic heterocycles. The summed E-state index contributed by atoms with van der Waals surface area (Å²) in [5.74, 6) is -0.569. The van der Waals surface area contributed by atoms with Crippen molar-refractivity contribution >= 4 is 17.4 Å². The molecule has 2 aromatic rings. The Bertz CT molecular complexity index is 765. The summed E-state index contributed by atoms with van der Waals surface area (Å²) >= 11 is 0. The van der Waals surface area contributed by atoms with E-state index in [0.717, 1.165) is 0 Å². The van der Waals surface area contributed by atoms with Crippen molar-refractivity contribution in [3.63, 3.8) is 0 Å². The summed E-state index contributed by atoms with van der Waals surface area (Å²) in [5, 5.41) is 14.3. The minimum atomic E-state index is -0.453. The highest BCUT2D eigenvalue weighted by atomic mass is 16.4. The van der Waals surface area contributed by atoms with Crippen LogP contribution in [0.1, 0.15) is 15.9 Å². The maximum atomic E-state index is 12.1. The Morgan fingerprint density at radius 2 is 2.05 bits per heavy atom. The third-order valence-corrected chi connectivity index (χ3v) is 2.93. The van der Waals surface area contributed by atoms with Gasteiger partial charge in [0.25, 0.3) is 11.5 Å². The second-order valence-corrected chi connectivity index (χ2v) is 4.35. The molecule has 0 saturated carbocycles. The second kappa shape index (κ2) is 5.91. The monoisotopic (exact) mass is 286 g/mol. The molecule has 21 heavy (non-hydrogen) atoms. The van der Waals surface area contributed by atoms with Crippen LogP contribution < -0.4 is 16.6 Å². The lowest BCUT2D eigenvalue weighted by atomic mass is 10.1. The Balaban J connectivity index is 2.32. The summed E-state index contributed by atoms with van der Waals surface area (Å²) in [7, 11) is 1.59. The van der Waals surface area contributed by atoms with Gasteiger partial charge < -0.3 is 20.8 Å². The predicted molar refractivity (Wildman–Crippen MR) is 78.6 cm³/mol. The van der Waals surface area contributed by atoms with E-state index < -0.39 is 5.91 Å². The first kappa shape index (κ1) is 14.3. The van der Waals surface area contributed by atoms with Crippen LogP contribution in [0.3, 0.4) is 0 Å². The molecule has 0 fully saturated rings. The molecule has 1 heterocycles. The Labute approximate surface area is 120 Å². The van der Waals surface area contributed by atoms with Crippen molar-refractivity contribution in [1.82, 2.24) is 4.57 Å². The number of rotatable bonds is 3. The summed E-state index contributed by atoms with van der Waals surface area (Å²) in [6.07, 6.45) is 1.51. The van der Waals surface area contributed by atoms with E-state index in [1.807, 2.05) is 0 Å². The molecular formula is C14H14N4O3. The van der Waals surface area contributed by atoms with Crippen LogP contribution in [0.15, 0.2) is 52.5 Å². The van der Waals surface area contributed by atoms with E-state index in [0.29, 0.717) is 11.3 Å². The van der Waals surface area contributed by atoms with Crippen LogP contribution in [0.2, 0.25) is 0 Å². The number of aryl methyl sites for hydroxylation is 1. The van der Waals surface area contributed by atoms with Crippen molar-refractivity contribution in [3.05, 3.63) is 64.1 Å². The highest BCUT2D eigenvalue weighted by Crippen LogP contribution is 2.15. The number of oxime groups is 1. The number of aromatic nitrogens is 1. The van der Waals surface area contributed by atoms with E-state index in [4.69, 9.17) is 10.9 Å². The molecule has 1 aromatic carbocycles. The molecule has 0 atom stereocenters. The van der Waals surface area contributed by atoms with Gasteiger partial charge in [0.15, 0.2) is 5.84 Å². The molecule has 7 nitrogen and oxygen atoms in total. The average molecular weight is 286 g/mol. The van der Waals surface area contributed by atoms with Gasteiger partial charge in [-0.3, -0.25) is 9.59 Å². The number of hydrogen-bond donors (Lipinski definition) is 3. The topological polar surface area (TPSA) is 110 Å². The van der Waals surface area contributed by atoms with E-state index in [-0.39, 0.29) is 17.0 Å². The SMILES string of the molecule is Cn1ccc(C(=O)Nc2ccccc2/C(N)=N/O)cc1=O. The van der Waals surface area contributed by atoms with Crippen molar-refractivity contribution in [2.75, 3.05) is 5.32 Å². The van der Waals surface area contributed by atoms with Gasteiger partial charge in [0.2, 0.25) is 0 Å². The lowest BCUT2D eigenvalue weighted by molar-refractivity contribution is 0.102. The lowest BCUT2D eigenvalue weighted by Crippen LogP contribution is -2.22. The predicted octanol–water partition coefficient (Wildman–Crippen LogP) is 0.732. The molecule has 108 valence electrons. The third kappa shape index (κ3) is 3.08. The highest BCUT2D eigenvalue weighted by molar-refractivity contribution is 6.09. The van der Waals surface area contributed by atoms with Crippen molar-refractivity contribution in [3.8, 4) is 0 Å². The van der Waals surface area contributed by atoms with Crippen LogP contribution in [0.5, 0.6) is 0 Å². The summed E-state index contributed by atoms with van der Waals surface area (Å²) in [4.78, 5) is 23.7. The van der Waals surface area contributed by atoms with Gasteiger partial charge in [0.1, 0.15) is 0 Å². The van der Waals surface area contributed by atoms with Crippen molar-refractivity contribution in [2.45, 2.75) is 0 Å². The Hall–Kier alpha value is -3.09. The van der Waals surface area contributed by atoms with Gasteiger partial charge in [-0.15, -0.1) is 0 Å². The fourth-order valence-corrected chi connectivity index (χ4v) is 1.75. The molecule has 0 unspecified atom stereocenters. The Kier molecular flexibility index (Phi) is 4.03. The molecule has 0 aliphatic rings. The molecule has 0 aliphatic heterocycles. The van der Waals surface area contributed by atoms with Crippen LogP contribution in [0.25, 0.3) is 0 Å². The zero-order valence-electron chi connectivity index (χ0n) is 11.3. The lowest BCUT2D eigenvalue weighted by Gasteiger charge is -2.10. The standard InChI is InChI=1S/C14H14N4O3/c1-18-7-6-9(8-12(18)19)14(20)16-11-5-3-2-4-10(11)13(15)17-21/h2-8,21H,1H3,(H2,15,17)(H,16,20). The second-order valence-electron chi connectivity index (χ2n) is 4.35. The summed E-state index contributed by atoms with van der Waals surface area (Å²) in [5.41, 5.74) is 6.27. The molecule has 2 rings (SSSR count). The summed E-state index contributed by atoms with van der Waals surface area (Å²) in [6.45, 7) is 0. The minimum absolute atomic E-state index is 0.116. The van der Waals surface area contributed by atoms with E-state index >= 15 is 0 Å². The van der Waals surface area contributed by atoms with E-state index in [1.165, 1.54) is 22.9 Å². The van der Waals surface area contributed by atoms with Gasteiger partial charge in [-0.25, -0.2) is 0 Å². The number of anilines is 1. The van der Waals surface area contributed by atoms with Gasteiger partial charge in [-0.05, 0) is 18.2 Å². The molecule has 0 aliphatic carbocycles. The smallest absolute Gasteiger partial charge is 0.255 e. The first-order valence-electron chi connectivity index (χ1n) is 6.08. The molecule has 7 heteroatoms. The molecule has 4 N–H and O–H groups in total. The quantitative estimate of drug-likeness (QED) is 0.334. The number of amides is 1. The number of para-hydroxylation sites is 1. The first-order chi connectivity index (χ1) is 10.0. The molecular weight excluding hydrogens is 272 g/mol. The number of nitrogens with two attached hydrogens (primary N) is 1. The van der Waals surface area contributed by atoms with Crippen LogP contribution in [0, 0.1) is 0 Å². The molecule has 0 spiro atoms. The molecule has 1 amide bonds. The van der Waals surface area contributed by atoms with Crippen molar-refractivity contribution < 1.29 is 10.0 Å². The van der Waals surface area contributed by atoms with Gasteiger partial charge in [-0.2, -0.15) is 0 Å². The third-order valence-electron chi connectivity index (χ3n) is 2.93. The highest BCUT2D eigenvalue weighted by Gasteiger charge is 2.11. The minimum Gasteiger partial charge on any atom is -0.409 e. The molecule has 0 radical (unpaired) electrons. The number of pyridine rings is 1. The van der Waals surface area contributed by atoms with Crippen LogP contribution >= 0.6 is 0 Å². The summed E-state index contributed by atoms with van der Waals surface area (Å²) < 4.78 is 1.36. The number of nitrogens with one attached hydrogen (secondary N) is 1. The largest absolute Gasteiger partial charge is 0.409 e. The number of nitrogens with zero attached hydrogens (tertiary/aromatic N) is 2. The number of carbonyl (C=O) groups excluding carboxylic acids is 1. The molecule has 0 bridgehead atoms. The number of carbonyl (C=O) groups is 1. The number of benzene rings is 1. The van der Waals surface area contributed by atoms with E-state index in [1.54, 1.807) is 31.3 Å². The van der Waals surface area contributed by atoms with E-state index in [2.05, 4.69) is 10.5 Å². The van der Waals surface area contributed by atoms with Gasteiger partial charge in [-0.1, -0.05) is 17.3 Å². The normalized spacial score (nSPS) is 11.2. The van der Waals surface area contributed by atoms with Crippen molar-refractivity contribution in [1.29, 1.82) is 0 Å². The fourth-order valence-electron chi connectivity index (χ4n) is 1.75.